The Kier molecular flexibility index (Phi) is 2.89. The van der Waals surface area contributed by atoms with Crippen molar-refractivity contribution < 1.29 is 22.7 Å². The van der Waals surface area contributed by atoms with Crippen molar-refractivity contribution in [1.82, 2.24) is 0 Å². The molecule has 0 aliphatic rings. The fourth-order valence-electron chi connectivity index (χ4n) is 1.79. The minimum absolute atomic E-state index is 0.253. The molecule has 0 bridgehead atoms. The van der Waals surface area contributed by atoms with Crippen LogP contribution in [0.1, 0.15) is 25.2 Å². The second-order valence-electron chi connectivity index (χ2n) is 4.95. The molecule has 2 rings (SSSR count). The SMILES string of the molecule is CC(C)(O)Cc1cc2cc(C(F)(F)F)ccc2o1. The number of benzene rings is 1. The summed E-state index contributed by atoms with van der Waals surface area (Å²) in [4.78, 5) is 0. The van der Waals surface area contributed by atoms with Crippen LogP contribution < -0.4 is 0 Å². The van der Waals surface area contributed by atoms with Crippen LogP contribution >= 0.6 is 0 Å². The van der Waals surface area contributed by atoms with Gasteiger partial charge in [-0.2, -0.15) is 13.2 Å². The molecule has 98 valence electrons. The summed E-state index contributed by atoms with van der Waals surface area (Å²) in [6.07, 6.45) is -4.11. The highest BCUT2D eigenvalue weighted by atomic mass is 19.4. The number of halogens is 3. The Bertz CT molecular complexity index is 562. The lowest BCUT2D eigenvalue weighted by Crippen LogP contribution is -2.21. The molecule has 0 aliphatic carbocycles. The summed E-state index contributed by atoms with van der Waals surface area (Å²) in [5, 5.41) is 10.0. The predicted molar refractivity (Wildman–Crippen MR) is 61.2 cm³/mol. The highest BCUT2D eigenvalue weighted by molar-refractivity contribution is 5.78. The minimum atomic E-state index is -4.36. The third-order valence-electron chi connectivity index (χ3n) is 2.50. The quantitative estimate of drug-likeness (QED) is 0.889. The average Bonchev–Trinajstić information content (AvgIpc) is 2.53. The molecule has 0 spiro atoms. The maximum absolute atomic E-state index is 12.5. The van der Waals surface area contributed by atoms with E-state index < -0.39 is 17.3 Å². The zero-order valence-electron chi connectivity index (χ0n) is 10.0. The lowest BCUT2D eigenvalue weighted by Gasteiger charge is -2.14. The second kappa shape index (κ2) is 4.02. The van der Waals surface area contributed by atoms with Crippen LogP contribution in [-0.2, 0) is 12.6 Å². The molecule has 0 atom stereocenters. The molecule has 1 aromatic carbocycles. The molecule has 0 amide bonds. The lowest BCUT2D eigenvalue weighted by atomic mass is 10.0. The Morgan fingerprint density at radius 2 is 1.83 bits per heavy atom. The highest BCUT2D eigenvalue weighted by Gasteiger charge is 2.30. The van der Waals surface area contributed by atoms with Crippen LogP contribution in [0.25, 0.3) is 11.0 Å². The topological polar surface area (TPSA) is 33.4 Å². The van der Waals surface area contributed by atoms with E-state index in [1.165, 1.54) is 12.1 Å². The molecule has 2 nitrogen and oxygen atoms in total. The zero-order chi connectivity index (χ0) is 13.6. The number of aliphatic hydroxyl groups is 1. The van der Waals surface area contributed by atoms with Crippen molar-refractivity contribution in [1.29, 1.82) is 0 Å². The van der Waals surface area contributed by atoms with Gasteiger partial charge in [-0.05, 0) is 38.1 Å². The molecule has 0 fully saturated rings. The predicted octanol–water partition coefficient (Wildman–Crippen LogP) is 3.77. The van der Waals surface area contributed by atoms with E-state index in [2.05, 4.69) is 0 Å². The van der Waals surface area contributed by atoms with Crippen LogP contribution in [0.5, 0.6) is 0 Å². The zero-order valence-corrected chi connectivity index (χ0v) is 10.0. The Hall–Kier alpha value is -1.49. The number of hydrogen-bond acceptors (Lipinski definition) is 2. The molecule has 2 aromatic rings. The van der Waals surface area contributed by atoms with Crippen LogP contribution in [-0.4, -0.2) is 10.7 Å². The number of fused-ring (bicyclic) bond motifs is 1. The number of rotatable bonds is 2. The van der Waals surface area contributed by atoms with Gasteiger partial charge in [0.25, 0.3) is 0 Å². The van der Waals surface area contributed by atoms with Crippen molar-refractivity contribution in [3.63, 3.8) is 0 Å². The van der Waals surface area contributed by atoms with Crippen molar-refractivity contribution in [3.8, 4) is 0 Å². The normalized spacial score (nSPS) is 13.2. The van der Waals surface area contributed by atoms with E-state index in [9.17, 15) is 18.3 Å². The molecule has 5 heteroatoms. The molecule has 0 saturated carbocycles. The van der Waals surface area contributed by atoms with Gasteiger partial charge >= 0.3 is 6.18 Å². The maximum Gasteiger partial charge on any atom is 0.416 e. The third-order valence-corrected chi connectivity index (χ3v) is 2.50. The van der Waals surface area contributed by atoms with E-state index in [0.29, 0.717) is 16.7 Å². The van der Waals surface area contributed by atoms with Crippen molar-refractivity contribution in [2.45, 2.75) is 32.0 Å². The van der Waals surface area contributed by atoms with Crippen LogP contribution in [0.15, 0.2) is 28.7 Å². The van der Waals surface area contributed by atoms with Crippen LogP contribution in [0, 0.1) is 0 Å². The molecule has 1 N–H and O–H groups in total. The smallest absolute Gasteiger partial charge is 0.416 e. The van der Waals surface area contributed by atoms with Gasteiger partial charge in [0.15, 0.2) is 0 Å². The monoisotopic (exact) mass is 258 g/mol. The Labute approximate surface area is 102 Å². The number of alkyl halides is 3. The summed E-state index contributed by atoms with van der Waals surface area (Å²) in [5.41, 5.74) is -1.27. The minimum Gasteiger partial charge on any atom is -0.461 e. The average molecular weight is 258 g/mol. The van der Waals surface area contributed by atoms with Gasteiger partial charge < -0.3 is 9.52 Å². The highest BCUT2D eigenvalue weighted by Crippen LogP contribution is 2.32. The summed E-state index contributed by atoms with van der Waals surface area (Å²) in [5.74, 6) is 0.469. The van der Waals surface area contributed by atoms with E-state index in [1.807, 2.05) is 0 Å². The van der Waals surface area contributed by atoms with Gasteiger partial charge in [-0.3, -0.25) is 0 Å². The van der Waals surface area contributed by atoms with Crippen LogP contribution in [0.2, 0.25) is 0 Å². The second-order valence-corrected chi connectivity index (χ2v) is 4.95. The standard InChI is InChI=1S/C13H13F3O2/c1-12(2,17)7-10-6-8-5-9(13(14,15)16)3-4-11(8)18-10/h3-6,17H,7H2,1-2H3. The molecule has 0 unspecified atom stereocenters. The van der Waals surface area contributed by atoms with Crippen molar-refractivity contribution >= 4 is 11.0 Å². The van der Waals surface area contributed by atoms with E-state index in [1.54, 1.807) is 13.8 Å². The van der Waals surface area contributed by atoms with Crippen molar-refractivity contribution in [3.05, 3.63) is 35.6 Å². The number of hydrogen-bond donors (Lipinski definition) is 1. The molecule has 1 heterocycles. The van der Waals surface area contributed by atoms with Gasteiger partial charge in [-0.25, -0.2) is 0 Å². The van der Waals surface area contributed by atoms with Gasteiger partial charge in [-0.1, -0.05) is 0 Å². The summed E-state index contributed by atoms with van der Waals surface area (Å²) in [6, 6.07) is 4.86. The molecular formula is C13H13F3O2. The first-order chi connectivity index (χ1) is 8.15. The molecule has 18 heavy (non-hydrogen) atoms. The fourth-order valence-corrected chi connectivity index (χ4v) is 1.79. The summed E-state index contributed by atoms with van der Waals surface area (Å²) < 4.78 is 43.0. The first-order valence-corrected chi connectivity index (χ1v) is 5.47. The van der Waals surface area contributed by atoms with Gasteiger partial charge in [-0.15, -0.1) is 0 Å². The largest absolute Gasteiger partial charge is 0.461 e. The Balaban J connectivity index is 2.40. The van der Waals surface area contributed by atoms with Crippen LogP contribution in [0.4, 0.5) is 13.2 Å². The van der Waals surface area contributed by atoms with Crippen LogP contribution in [0.3, 0.4) is 0 Å². The first-order valence-electron chi connectivity index (χ1n) is 5.47. The summed E-state index contributed by atoms with van der Waals surface area (Å²) in [7, 11) is 0. The molecule has 1 aromatic heterocycles. The van der Waals surface area contributed by atoms with Gasteiger partial charge in [0.05, 0.1) is 11.2 Å². The van der Waals surface area contributed by atoms with Crippen molar-refractivity contribution in [2.75, 3.05) is 0 Å². The molecule has 0 radical (unpaired) electrons. The molecule has 0 aliphatic heterocycles. The Morgan fingerprint density at radius 3 is 2.39 bits per heavy atom. The van der Waals surface area contributed by atoms with Gasteiger partial charge in [0.2, 0.25) is 0 Å². The number of furan rings is 1. The molecular weight excluding hydrogens is 245 g/mol. The maximum atomic E-state index is 12.5. The van der Waals surface area contributed by atoms with E-state index >= 15 is 0 Å². The van der Waals surface area contributed by atoms with Gasteiger partial charge in [0, 0.05) is 11.8 Å². The van der Waals surface area contributed by atoms with E-state index in [-0.39, 0.29) is 6.42 Å². The lowest BCUT2D eigenvalue weighted by molar-refractivity contribution is -0.137. The summed E-state index contributed by atoms with van der Waals surface area (Å²) in [6.45, 7) is 3.22. The fraction of sp³-hybridized carbons (Fsp3) is 0.385. The first kappa shape index (κ1) is 13.0. The summed E-state index contributed by atoms with van der Waals surface area (Å²) >= 11 is 0. The van der Waals surface area contributed by atoms with E-state index in [0.717, 1.165) is 12.1 Å². The Morgan fingerprint density at radius 1 is 1.17 bits per heavy atom. The van der Waals surface area contributed by atoms with Gasteiger partial charge in [0.1, 0.15) is 11.3 Å². The third kappa shape index (κ3) is 2.85. The molecule has 0 saturated heterocycles. The van der Waals surface area contributed by atoms with E-state index in [4.69, 9.17) is 4.42 Å². The van der Waals surface area contributed by atoms with Crippen molar-refractivity contribution in [2.24, 2.45) is 0 Å².